The molecule has 0 aliphatic carbocycles. The Morgan fingerprint density at radius 2 is 2.05 bits per heavy atom. The molecule has 106 valence electrons. The van der Waals surface area contributed by atoms with Gasteiger partial charge in [0.2, 0.25) is 5.10 Å². The summed E-state index contributed by atoms with van der Waals surface area (Å²) in [4.78, 5) is 2.72. The maximum absolute atomic E-state index is 12.3. The van der Waals surface area contributed by atoms with Gasteiger partial charge in [-0.2, -0.15) is 0 Å². The number of benzene rings is 1. The summed E-state index contributed by atoms with van der Waals surface area (Å²) in [7, 11) is 2.04. The molecule has 2 aromatic rings. The molecule has 0 saturated carbocycles. The zero-order chi connectivity index (χ0) is 14.3. The summed E-state index contributed by atoms with van der Waals surface area (Å²) in [6, 6.07) is 3.60. The number of rotatable bonds is 2. The molecule has 0 fully saturated rings. The second-order valence-corrected chi connectivity index (χ2v) is 5.12. The predicted molar refractivity (Wildman–Crippen MR) is 73.9 cm³/mol. The van der Waals surface area contributed by atoms with Crippen molar-refractivity contribution in [2.75, 3.05) is 25.5 Å². The highest BCUT2D eigenvalue weighted by molar-refractivity contribution is 5.71. The Hall–Kier alpha value is -2.15. The SMILES string of the molecule is CCNc1n[n+]([O-])c2cc3c(cc2[n+]1[O-])CN(C)CC3. The Morgan fingerprint density at radius 3 is 2.80 bits per heavy atom. The zero-order valence-corrected chi connectivity index (χ0v) is 11.6. The maximum atomic E-state index is 12.3. The van der Waals surface area contributed by atoms with Crippen molar-refractivity contribution in [1.29, 1.82) is 0 Å². The van der Waals surface area contributed by atoms with Gasteiger partial charge < -0.3 is 15.3 Å². The fourth-order valence-electron chi connectivity index (χ4n) is 2.60. The molecule has 3 rings (SSSR count). The van der Waals surface area contributed by atoms with Gasteiger partial charge in [0.15, 0.2) is 5.52 Å². The van der Waals surface area contributed by atoms with Crippen LogP contribution in [0.3, 0.4) is 0 Å². The third kappa shape index (κ3) is 2.00. The van der Waals surface area contributed by atoms with Crippen LogP contribution in [0.1, 0.15) is 18.1 Å². The average molecular weight is 275 g/mol. The Balaban J connectivity index is 2.22. The van der Waals surface area contributed by atoms with Gasteiger partial charge in [0.05, 0.1) is 6.54 Å². The third-order valence-corrected chi connectivity index (χ3v) is 3.64. The molecule has 1 aromatic carbocycles. The molecule has 0 unspecified atom stereocenters. The van der Waals surface area contributed by atoms with Crippen LogP contribution in [0.4, 0.5) is 5.95 Å². The highest BCUT2D eigenvalue weighted by Gasteiger charge is 2.23. The van der Waals surface area contributed by atoms with Crippen LogP contribution in [-0.2, 0) is 13.0 Å². The quantitative estimate of drug-likeness (QED) is 0.612. The van der Waals surface area contributed by atoms with Crippen molar-refractivity contribution in [3.63, 3.8) is 0 Å². The summed E-state index contributed by atoms with van der Waals surface area (Å²) in [6.07, 6.45) is 0.885. The Labute approximate surface area is 116 Å². The third-order valence-electron chi connectivity index (χ3n) is 3.64. The fraction of sp³-hybridized carbons (Fsp3) is 0.462. The van der Waals surface area contributed by atoms with Gasteiger partial charge in [-0.1, -0.05) is 0 Å². The highest BCUT2D eigenvalue weighted by Crippen LogP contribution is 2.21. The maximum Gasteiger partial charge on any atom is 0.460 e. The van der Waals surface area contributed by atoms with Crippen LogP contribution < -0.4 is 14.9 Å². The molecule has 0 bridgehead atoms. The number of hydrogen-bond donors (Lipinski definition) is 1. The first-order valence-corrected chi connectivity index (χ1v) is 6.71. The summed E-state index contributed by atoms with van der Waals surface area (Å²) < 4.78 is 0.697. The topological polar surface area (TPSA) is 82.0 Å². The van der Waals surface area contributed by atoms with E-state index in [1.807, 2.05) is 20.0 Å². The number of aromatic nitrogens is 3. The summed E-state index contributed by atoms with van der Waals surface area (Å²) in [5, 5.41) is 30.8. The van der Waals surface area contributed by atoms with E-state index in [1.165, 1.54) is 0 Å². The first kappa shape index (κ1) is 12.9. The van der Waals surface area contributed by atoms with Crippen LogP contribution in [0.15, 0.2) is 12.1 Å². The normalized spacial score (nSPS) is 15.3. The second-order valence-electron chi connectivity index (χ2n) is 5.12. The van der Waals surface area contributed by atoms with Crippen LogP contribution in [0.2, 0.25) is 0 Å². The Kier molecular flexibility index (Phi) is 3.06. The van der Waals surface area contributed by atoms with Crippen molar-refractivity contribution >= 4 is 17.0 Å². The molecule has 7 heteroatoms. The van der Waals surface area contributed by atoms with E-state index < -0.39 is 0 Å². The lowest BCUT2D eigenvalue weighted by Crippen LogP contribution is -2.44. The van der Waals surface area contributed by atoms with E-state index in [2.05, 4.69) is 15.3 Å². The van der Waals surface area contributed by atoms with Crippen LogP contribution in [-0.4, -0.2) is 30.1 Å². The first-order chi connectivity index (χ1) is 9.60. The van der Waals surface area contributed by atoms with Crippen LogP contribution in [0.25, 0.3) is 11.0 Å². The van der Waals surface area contributed by atoms with E-state index in [0.717, 1.165) is 30.6 Å². The largest absolute Gasteiger partial charge is 0.739 e. The minimum Gasteiger partial charge on any atom is -0.739 e. The molecule has 20 heavy (non-hydrogen) atoms. The molecule has 0 spiro atoms. The Morgan fingerprint density at radius 1 is 1.30 bits per heavy atom. The summed E-state index contributed by atoms with van der Waals surface area (Å²) >= 11 is 0. The lowest BCUT2D eigenvalue weighted by atomic mass is 9.99. The minimum absolute atomic E-state index is 0.0408. The van der Waals surface area contributed by atoms with Crippen molar-refractivity contribution in [3.8, 4) is 0 Å². The van der Waals surface area contributed by atoms with E-state index in [0.29, 0.717) is 27.2 Å². The monoisotopic (exact) mass is 275 g/mol. The van der Waals surface area contributed by atoms with Gasteiger partial charge in [0.25, 0.3) is 5.52 Å². The van der Waals surface area contributed by atoms with E-state index in [1.54, 1.807) is 6.07 Å². The molecule has 1 aromatic heterocycles. The van der Waals surface area contributed by atoms with Crippen molar-refractivity contribution in [2.45, 2.75) is 19.9 Å². The lowest BCUT2D eigenvalue weighted by molar-refractivity contribution is -0.672. The van der Waals surface area contributed by atoms with Gasteiger partial charge in [0.1, 0.15) is 0 Å². The van der Waals surface area contributed by atoms with E-state index in [-0.39, 0.29) is 5.95 Å². The molecule has 2 heterocycles. The van der Waals surface area contributed by atoms with Gasteiger partial charge in [0, 0.05) is 24.0 Å². The van der Waals surface area contributed by atoms with Gasteiger partial charge in [-0.3, -0.25) is 5.32 Å². The van der Waals surface area contributed by atoms with Crippen molar-refractivity contribution in [2.24, 2.45) is 0 Å². The molecule has 1 aliphatic rings. The molecule has 1 N–H and O–H groups in total. The molecule has 0 saturated heterocycles. The van der Waals surface area contributed by atoms with E-state index in [4.69, 9.17) is 0 Å². The van der Waals surface area contributed by atoms with E-state index >= 15 is 0 Å². The molecule has 0 amide bonds. The molecule has 7 nitrogen and oxygen atoms in total. The number of nitrogens with zero attached hydrogens (tertiary/aromatic N) is 4. The van der Waals surface area contributed by atoms with Crippen LogP contribution >= 0.6 is 0 Å². The standard InChI is InChI=1S/C13H17N5O2/c1-3-14-13-15-18(20)12-6-9-4-5-16(2)8-10(9)7-11(12)17(13)19/h6-7H,3-5,8H2,1-2H3,(H,14,15). The second kappa shape index (κ2) is 4.75. The number of nitrogens with one attached hydrogen (secondary N) is 1. The van der Waals surface area contributed by atoms with Crippen molar-refractivity contribution in [1.82, 2.24) is 10.00 Å². The highest BCUT2D eigenvalue weighted by atomic mass is 16.5. The zero-order valence-electron chi connectivity index (χ0n) is 11.6. The first-order valence-electron chi connectivity index (χ1n) is 6.71. The number of hydrogen-bond acceptors (Lipinski definition) is 5. The molecular formula is C13H17N5O2. The number of fused-ring (bicyclic) bond motifs is 2. The fourth-order valence-corrected chi connectivity index (χ4v) is 2.60. The smallest absolute Gasteiger partial charge is 0.460 e. The van der Waals surface area contributed by atoms with Crippen LogP contribution in [0, 0.1) is 10.4 Å². The van der Waals surface area contributed by atoms with Crippen molar-refractivity contribution in [3.05, 3.63) is 33.7 Å². The number of likely N-dealkylation sites (N-methyl/N-ethyl adjacent to an activating group) is 1. The Bertz CT molecular complexity index is 674. The summed E-state index contributed by atoms with van der Waals surface area (Å²) in [6.45, 7) is 4.14. The van der Waals surface area contributed by atoms with Gasteiger partial charge >= 0.3 is 5.95 Å². The van der Waals surface area contributed by atoms with E-state index in [9.17, 15) is 10.4 Å². The van der Waals surface area contributed by atoms with Gasteiger partial charge in [-0.15, -0.1) is 0 Å². The molecule has 1 aliphatic heterocycles. The number of anilines is 1. The van der Waals surface area contributed by atoms with Gasteiger partial charge in [-0.25, -0.2) is 4.73 Å². The van der Waals surface area contributed by atoms with Gasteiger partial charge in [-0.05, 0) is 37.6 Å². The van der Waals surface area contributed by atoms with Crippen molar-refractivity contribution < 1.29 is 9.58 Å². The predicted octanol–water partition coefficient (Wildman–Crippen LogP) is -0.0787. The molecule has 0 atom stereocenters. The lowest BCUT2D eigenvalue weighted by Gasteiger charge is -2.24. The molecular weight excluding hydrogens is 258 g/mol. The molecule has 0 radical (unpaired) electrons. The summed E-state index contributed by atoms with van der Waals surface area (Å²) in [5.41, 5.74) is 2.91. The summed E-state index contributed by atoms with van der Waals surface area (Å²) in [5.74, 6) is 0.0408. The minimum atomic E-state index is 0.0408. The van der Waals surface area contributed by atoms with Crippen LogP contribution in [0.5, 0.6) is 0 Å². The average Bonchev–Trinajstić information content (AvgIpc) is 2.43.